The van der Waals surface area contributed by atoms with Gasteiger partial charge in [-0.25, -0.2) is 0 Å². The quantitative estimate of drug-likeness (QED) is 0.608. The molecule has 0 aliphatic carbocycles. The lowest BCUT2D eigenvalue weighted by Gasteiger charge is -2.10. The number of hydrogen-bond acceptors (Lipinski definition) is 1. The highest BCUT2D eigenvalue weighted by molar-refractivity contribution is 5.77. The summed E-state index contributed by atoms with van der Waals surface area (Å²) in [6.45, 7) is 4.24. The first-order chi connectivity index (χ1) is 10.7. The van der Waals surface area contributed by atoms with Crippen LogP contribution >= 0.6 is 0 Å². The van der Waals surface area contributed by atoms with Gasteiger partial charge in [-0.2, -0.15) is 5.26 Å². The molecule has 0 fully saturated rings. The van der Waals surface area contributed by atoms with Crippen molar-refractivity contribution < 1.29 is 0 Å². The average Bonchev–Trinajstić information content (AvgIpc) is 2.57. The average molecular weight is 283 g/mol. The van der Waals surface area contributed by atoms with Crippen LogP contribution in [-0.4, -0.2) is 0 Å². The molecule has 3 rings (SSSR count). The highest BCUT2D eigenvalue weighted by Gasteiger charge is 2.08. The second-order valence-electron chi connectivity index (χ2n) is 5.54. The standard InChI is InChI=1S/C21H17N/c1-15-8-9-18(12-16(15)2)19-10-11-20(14-22)21(13-19)17-6-4-3-5-7-17/h3-13H,1-2H3. The maximum Gasteiger partial charge on any atom is 0.0998 e. The van der Waals surface area contributed by atoms with Gasteiger partial charge in [-0.3, -0.25) is 0 Å². The van der Waals surface area contributed by atoms with E-state index in [1.54, 1.807) is 0 Å². The first kappa shape index (κ1) is 14.1. The molecule has 0 atom stereocenters. The Morgan fingerprint density at radius 3 is 2.05 bits per heavy atom. The van der Waals surface area contributed by atoms with Crippen molar-refractivity contribution in [1.29, 1.82) is 5.26 Å². The van der Waals surface area contributed by atoms with Crippen LogP contribution in [0.15, 0.2) is 66.7 Å². The van der Waals surface area contributed by atoms with E-state index in [1.807, 2.05) is 42.5 Å². The Morgan fingerprint density at radius 1 is 0.682 bits per heavy atom. The molecular formula is C21H17N. The van der Waals surface area contributed by atoms with E-state index < -0.39 is 0 Å². The minimum absolute atomic E-state index is 0.707. The maximum absolute atomic E-state index is 9.37. The Labute approximate surface area is 131 Å². The lowest BCUT2D eigenvalue weighted by Crippen LogP contribution is -1.88. The van der Waals surface area contributed by atoms with Crippen LogP contribution in [0, 0.1) is 25.2 Å². The van der Waals surface area contributed by atoms with Gasteiger partial charge in [0.1, 0.15) is 0 Å². The smallest absolute Gasteiger partial charge is 0.0998 e. The second kappa shape index (κ2) is 5.87. The van der Waals surface area contributed by atoms with Gasteiger partial charge in [0, 0.05) is 5.56 Å². The van der Waals surface area contributed by atoms with Gasteiger partial charge in [0.2, 0.25) is 0 Å². The Hall–Kier alpha value is -2.85. The third kappa shape index (κ3) is 2.64. The topological polar surface area (TPSA) is 23.8 Å². The summed E-state index contributed by atoms with van der Waals surface area (Å²) in [5, 5.41) is 9.37. The number of hydrogen-bond donors (Lipinski definition) is 0. The molecular weight excluding hydrogens is 266 g/mol. The van der Waals surface area contributed by atoms with Gasteiger partial charge in [-0.1, -0.05) is 54.6 Å². The maximum atomic E-state index is 9.37. The van der Waals surface area contributed by atoms with Crippen LogP contribution in [0.2, 0.25) is 0 Å². The Kier molecular flexibility index (Phi) is 3.76. The number of nitriles is 1. The minimum atomic E-state index is 0.707. The van der Waals surface area contributed by atoms with Gasteiger partial charge in [0.15, 0.2) is 0 Å². The molecule has 0 heterocycles. The van der Waals surface area contributed by atoms with E-state index in [-0.39, 0.29) is 0 Å². The summed E-state index contributed by atoms with van der Waals surface area (Å²) in [6, 6.07) is 24.9. The van der Waals surface area contributed by atoms with E-state index in [2.05, 4.69) is 44.2 Å². The van der Waals surface area contributed by atoms with Gasteiger partial charge < -0.3 is 0 Å². The van der Waals surface area contributed by atoms with E-state index >= 15 is 0 Å². The molecule has 3 aromatic rings. The highest BCUT2D eigenvalue weighted by Crippen LogP contribution is 2.30. The monoisotopic (exact) mass is 283 g/mol. The predicted molar refractivity (Wildman–Crippen MR) is 91.5 cm³/mol. The fourth-order valence-corrected chi connectivity index (χ4v) is 2.60. The molecule has 0 amide bonds. The van der Waals surface area contributed by atoms with Crippen LogP contribution in [0.3, 0.4) is 0 Å². The molecule has 3 aromatic carbocycles. The van der Waals surface area contributed by atoms with Crippen molar-refractivity contribution in [3.63, 3.8) is 0 Å². The largest absolute Gasteiger partial charge is 0.192 e. The van der Waals surface area contributed by atoms with E-state index in [1.165, 1.54) is 16.7 Å². The number of rotatable bonds is 2. The SMILES string of the molecule is Cc1ccc(-c2ccc(C#N)c(-c3ccccc3)c2)cc1C. The fraction of sp³-hybridized carbons (Fsp3) is 0.0952. The van der Waals surface area contributed by atoms with E-state index in [9.17, 15) is 5.26 Å². The predicted octanol–water partition coefficient (Wildman–Crippen LogP) is 5.51. The van der Waals surface area contributed by atoms with Gasteiger partial charge in [0.05, 0.1) is 11.6 Å². The molecule has 0 spiro atoms. The second-order valence-corrected chi connectivity index (χ2v) is 5.54. The molecule has 0 aliphatic heterocycles. The summed E-state index contributed by atoms with van der Waals surface area (Å²) < 4.78 is 0. The van der Waals surface area contributed by atoms with E-state index in [4.69, 9.17) is 0 Å². The van der Waals surface area contributed by atoms with Crippen molar-refractivity contribution in [3.05, 3.63) is 83.4 Å². The zero-order chi connectivity index (χ0) is 15.5. The van der Waals surface area contributed by atoms with Crippen molar-refractivity contribution in [1.82, 2.24) is 0 Å². The Morgan fingerprint density at radius 2 is 1.36 bits per heavy atom. The summed E-state index contributed by atoms with van der Waals surface area (Å²) in [6.07, 6.45) is 0. The summed E-state index contributed by atoms with van der Waals surface area (Å²) in [5.74, 6) is 0. The zero-order valence-electron chi connectivity index (χ0n) is 12.8. The lowest BCUT2D eigenvalue weighted by molar-refractivity contribution is 1.34. The Bertz CT molecular complexity index is 855. The molecule has 0 N–H and O–H groups in total. The third-order valence-electron chi connectivity index (χ3n) is 4.07. The first-order valence-electron chi connectivity index (χ1n) is 7.36. The first-order valence-corrected chi connectivity index (χ1v) is 7.36. The van der Waals surface area contributed by atoms with Crippen LogP contribution in [0.5, 0.6) is 0 Å². The molecule has 0 saturated heterocycles. The van der Waals surface area contributed by atoms with Crippen LogP contribution in [0.25, 0.3) is 22.3 Å². The highest BCUT2D eigenvalue weighted by atomic mass is 14.2. The summed E-state index contributed by atoms with van der Waals surface area (Å²) >= 11 is 0. The molecule has 0 unspecified atom stereocenters. The van der Waals surface area contributed by atoms with Gasteiger partial charge >= 0.3 is 0 Å². The molecule has 0 aliphatic rings. The number of benzene rings is 3. The summed E-state index contributed by atoms with van der Waals surface area (Å²) in [4.78, 5) is 0. The van der Waals surface area contributed by atoms with Crippen molar-refractivity contribution in [2.45, 2.75) is 13.8 Å². The lowest BCUT2D eigenvalue weighted by atomic mass is 9.94. The fourth-order valence-electron chi connectivity index (χ4n) is 2.60. The van der Waals surface area contributed by atoms with Gasteiger partial charge in [-0.15, -0.1) is 0 Å². The normalized spacial score (nSPS) is 10.2. The van der Waals surface area contributed by atoms with Gasteiger partial charge in [-0.05, 0) is 53.8 Å². The molecule has 1 heteroatoms. The van der Waals surface area contributed by atoms with Crippen LogP contribution in [0.1, 0.15) is 16.7 Å². The molecule has 22 heavy (non-hydrogen) atoms. The molecule has 0 radical (unpaired) electrons. The van der Waals surface area contributed by atoms with Crippen molar-refractivity contribution in [2.24, 2.45) is 0 Å². The number of aryl methyl sites for hydroxylation is 2. The van der Waals surface area contributed by atoms with Crippen LogP contribution in [-0.2, 0) is 0 Å². The summed E-state index contributed by atoms with van der Waals surface area (Å²) in [5.41, 5.74) is 7.66. The van der Waals surface area contributed by atoms with Crippen molar-refractivity contribution in [3.8, 4) is 28.3 Å². The summed E-state index contributed by atoms with van der Waals surface area (Å²) in [7, 11) is 0. The zero-order valence-corrected chi connectivity index (χ0v) is 12.8. The molecule has 0 saturated carbocycles. The van der Waals surface area contributed by atoms with Crippen LogP contribution in [0.4, 0.5) is 0 Å². The molecule has 1 nitrogen and oxygen atoms in total. The third-order valence-corrected chi connectivity index (χ3v) is 4.07. The van der Waals surface area contributed by atoms with Crippen LogP contribution < -0.4 is 0 Å². The van der Waals surface area contributed by atoms with E-state index in [0.29, 0.717) is 5.56 Å². The molecule has 0 bridgehead atoms. The van der Waals surface area contributed by atoms with Crippen molar-refractivity contribution in [2.75, 3.05) is 0 Å². The van der Waals surface area contributed by atoms with Gasteiger partial charge in [0.25, 0.3) is 0 Å². The Balaban J connectivity index is 2.15. The molecule has 106 valence electrons. The van der Waals surface area contributed by atoms with Crippen molar-refractivity contribution >= 4 is 0 Å². The molecule has 0 aromatic heterocycles. The number of nitrogens with zero attached hydrogens (tertiary/aromatic N) is 1. The minimum Gasteiger partial charge on any atom is -0.192 e. The van der Waals surface area contributed by atoms with E-state index in [0.717, 1.165) is 16.7 Å².